The smallest absolute Gasteiger partial charge is 0.259 e. The summed E-state index contributed by atoms with van der Waals surface area (Å²) in [6.07, 6.45) is 4.63. The number of aromatic nitrogens is 3. The summed E-state index contributed by atoms with van der Waals surface area (Å²) >= 11 is 0. The number of anilines is 1. The summed E-state index contributed by atoms with van der Waals surface area (Å²) in [6, 6.07) is 13.6. The zero-order valence-electron chi connectivity index (χ0n) is 17.4. The molecule has 1 amide bonds. The van der Waals surface area contributed by atoms with Gasteiger partial charge in [-0.1, -0.05) is 25.5 Å². The molecule has 2 aromatic carbocycles. The van der Waals surface area contributed by atoms with Gasteiger partial charge < -0.3 is 14.6 Å². The SMILES string of the molecule is C[C@@H]1c2cccc(C(=O)Nc3ccc(-c4nnc5n4CCCCC5)cc3)c2O[C@@H]1C. The number of aryl methyl sites for hydroxylation is 1. The summed E-state index contributed by atoms with van der Waals surface area (Å²) in [6.45, 7) is 5.13. The molecule has 1 aromatic heterocycles. The summed E-state index contributed by atoms with van der Waals surface area (Å²) < 4.78 is 8.19. The number of nitrogens with zero attached hydrogens (tertiary/aromatic N) is 3. The Kier molecular flexibility index (Phi) is 4.77. The van der Waals surface area contributed by atoms with Gasteiger partial charge in [0.25, 0.3) is 5.91 Å². The van der Waals surface area contributed by atoms with E-state index in [1.807, 2.05) is 49.4 Å². The molecule has 2 aliphatic rings. The highest BCUT2D eigenvalue weighted by Gasteiger charge is 2.31. The van der Waals surface area contributed by atoms with Gasteiger partial charge in [0, 0.05) is 35.7 Å². The van der Waals surface area contributed by atoms with Crippen molar-refractivity contribution in [2.24, 2.45) is 0 Å². The van der Waals surface area contributed by atoms with E-state index in [-0.39, 0.29) is 17.9 Å². The van der Waals surface area contributed by atoms with Crippen LogP contribution < -0.4 is 10.1 Å². The van der Waals surface area contributed by atoms with Crippen LogP contribution in [0.5, 0.6) is 5.75 Å². The summed E-state index contributed by atoms with van der Waals surface area (Å²) in [5, 5.41) is 11.8. The molecule has 0 aliphatic carbocycles. The van der Waals surface area contributed by atoms with Crippen LogP contribution >= 0.6 is 0 Å². The summed E-state index contributed by atoms with van der Waals surface area (Å²) in [5.74, 6) is 2.81. The number of fused-ring (bicyclic) bond motifs is 2. The van der Waals surface area contributed by atoms with Gasteiger partial charge in [0.05, 0.1) is 5.56 Å². The minimum absolute atomic E-state index is 0.0755. The first-order chi connectivity index (χ1) is 14.6. The van der Waals surface area contributed by atoms with Crippen molar-refractivity contribution in [3.05, 3.63) is 59.4 Å². The van der Waals surface area contributed by atoms with Crippen LogP contribution in [0.3, 0.4) is 0 Å². The van der Waals surface area contributed by atoms with Crippen LogP contribution in [-0.4, -0.2) is 26.8 Å². The monoisotopic (exact) mass is 402 g/mol. The minimum Gasteiger partial charge on any atom is -0.489 e. The van der Waals surface area contributed by atoms with Crippen LogP contribution in [0.1, 0.15) is 60.8 Å². The lowest BCUT2D eigenvalue weighted by Gasteiger charge is -2.11. The molecular weight excluding hydrogens is 376 g/mol. The van der Waals surface area contributed by atoms with Crippen molar-refractivity contribution >= 4 is 11.6 Å². The molecule has 0 radical (unpaired) electrons. The second kappa shape index (κ2) is 7.59. The maximum Gasteiger partial charge on any atom is 0.259 e. The van der Waals surface area contributed by atoms with Gasteiger partial charge in [-0.15, -0.1) is 10.2 Å². The van der Waals surface area contributed by atoms with Crippen molar-refractivity contribution < 1.29 is 9.53 Å². The highest BCUT2D eigenvalue weighted by atomic mass is 16.5. The van der Waals surface area contributed by atoms with Gasteiger partial charge in [-0.3, -0.25) is 4.79 Å². The van der Waals surface area contributed by atoms with Gasteiger partial charge in [-0.05, 0) is 50.1 Å². The molecule has 2 aliphatic heterocycles. The van der Waals surface area contributed by atoms with E-state index in [2.05, 4.69) is 27.0 Å². The zero-order valence-corrected chi connectivity index (χ0v) is 17.4. The molecular formula is C24H26N4O2. The second-order valence-corrected chi connectivity index (χ2v) is 8.27. The Bertz CT molecular complexity index is 1090. The number of hydrogen-bond donors (Lipinski definition) is 1. The molecule has 154 valence electrons. The van der Waals surface area contributed by atoms with Crippen molar-refractivity contribution in [2.45, 2.75) is 58.1 Å². The molecule has 30 heavy (non-hydrogen) atoms. The minimum atomic E-state index is -0.155. The van der Waals surface area contributed by atoms with E-state index >= 15 is 0 Å². The molecule has 3 heterocycles. The van der Waals surface area contributed by atoms with Crippen molar-refractivity contribution in [1.82, 2.24) is 14.8 Å². The first-order valence-electron chi connectivity index (χ1n) is 10.8. The van der Waals surface area contributed by atoms with Crippen molar-refractivity contribution in [2.75, 3.05) is 5.32 Å². The molecule has 3 aromatic rings. The van der Waals surface area contributed by atoms with Crippen LogP contribution in [0.15, 0.2) is 42.5 Å². The first-order valence-corrected chi connectivity index (χ1v) is 10.8. The number of rotatable bonds is 3. The van der Waals surface area contributed by atoms with E-state index in [1.165, 1.54) is 12.8 Å². The third kappa shape index (κ3) is 3.26. The third-order valence-corrected chi connectivity index (χ3v) is 6.30. The van der Waals surface area contributed by atoms with Gasteiger partial charge >= 0.3 is 0 Å². The lowest BCUT2D eigenvalue weighted by molar-refractivity contribution is 0.102. The third-order valence-electron chi connectivity index (χ3n) is 6.30. The predicted octanol–water partition coefficient (Wildman–Crippen LogP) is 4.81. The molecule has 2 atom stereocenters. The predicted molar refractivity (Wildman–Crippen MR) is 116 cm³/mol. The Morgan fingerprint density at radius 3 is 2.73 bits per heavy atom. The van der Waals surface area contributed by atoms with E-state index in [9.17, 15) is 4.79 Å². The molecule has 0 fully saturated rings. The van der Waals surface area contributed by atoms with Crippen LogP contribution in [0.4, 0.5) is 5.69 Å². The normalized spacial score (nSPS) is 20.1. The first kappa shape index (κ1) is 18.9. The number of carbonyl (C=O) groups is 1. The largest absolute Gasteiger partial charge is 0.489 e. The fraction of sp³-hybridized carbons (Fsp3) is 0.375. The Hall–Kier alpha value is -3.15. The standard InChI is InChI=1S/C24H26N4O2/c1-15-16(2)30-22-19(15)7-6-8-20(22)24(29)25-18-12-10-17(11-13-18)23-27-26-21-9-4-3-5-14-28(21)23/h6-8,10-13,15-16H,3-5,9,14H2,1-2H3,(H,25,29)/t15-,16+/m0/s1. The Balaban J connectivity index is 1.36. The van der Waals surface area contributed by atoms with E-state index in [0.29, 0.717) is 11.3 Å². The van der Waals surface area contributed by atoms with Gasteiger partial charge in [0.15, 0.2) is 5.82 Å². The van der Waals surface area contributed by atoms with Crippen LogP contribution in [0.25, 0.3) is 11.4 Å². The lowest BCUT2D eigenvalue weighted by atomic mass is 9.97. The lowest BCUT2D eigenvalue weighted by Crippen LogP contribution is -2.14. The quantitative estimate of drug-likeness (QED) is 0.683. The Labute approximate surface area is 176 Å². The summed E-state index contributed by atoms with van der Waals surface area (Å²) in [7, 11) is 0. The average molecular weight is 402 g/mol. The van der Waals surface area contributed by atoms with Crippen LogP contribution in [0.2, 0.25) is 0 Å². The maximum atomic E-state index is 12.9. The summed E-state index contributed by atoms with van der Waals surface area (Å²) in [5.41, 5.74) is 3.44. The Morgan fingerprint density at radius 2 is 1.90 bits per heavy atom. The molecule has 5 rings (SSSR count). The molecule has 0 unspecified atom stereocenters. The van der Waals surface area contributed by atoms with Gasteiger partial charge in [-0.25, -0.2) is 0 Å². The molecule has 0 bridgehead atoms. The van der Waals surface area contributed by atoms with E-state index in [1.54, 1.807) is 0 Å². The average Bonchev–Trinajstić information content (AvgIpc) is 3.19. The van der Waals surface area contributed by atoms with Gasteiger partial charge in [-0.2, -0.15) is 0 Å². The molecule has 1 N–H and O–H groups in total. The summed E-state index contributed by atoms with van der Waals surface area (Å²) in [4.78, 5) is 12.9. The van der Waals surface area contributed by atoms with Crippen LogP contribution in [0, 0.1) is 0 Å². The number of ether oxygens (including phenoxy) is 1. The number of amides is 1. The van der Waals surface area contributed by atoms with E-state index in [4.69, 9.17) is 4.74 Å². The number of carbonyl (C=O) groups excluding carboxylic acids is 1. The second-order valence-electron chi connectivity index (χ2n) is 8.27. The molecule has 0 saturated heterocycles. The molecule has 6 heteroatoms. The van der Waals surface area contributed by atoms with Gasteiger partial charge in [0.2, 0.25) is 0 Å². The molecule has 0 spiro atoms. The molecule has 6 nitrogen and oxygen atoms in total. The van der Waals surface area contributed by atoms with Crippen LogP contribution in [-0.2, 0) is 13.0 Å². The number of nitrogens with one attached hydrogen (secondary N) is 1. The molecule has 0 saturated carbocycles. The Morgan fingerprint density at radius 1 is 1.07 bits per heavy atom. The van der Waals surface area contributed by atoms with Crippen molar-refractivity contribution in [3.63, 3.8) is 0 Å². The van der Waals surface area contributed by atoms with Crippen molar-refractivity contribution in [3.8, 4) is 17.1 Å². The number of hydrogen-bond acceptors (Lipinski definition) is 4. The number of para-hydroxylation sites is 1. The zero-order chi connectivity index (χ0) is 20.7. The van der Waals surface area contributed by atoms with E-state index < -0.39 is 0 Å². The topological polar surface area (TPSA) is 69.0 Å². The number of benzene rings is 2. The van der Waals surface area contributed by atoms with Gasteiger partial charge in [0.1, 0.15) is 17.7 Å². The van der Waals surface area contributed by atoms with Crippen molar-refractivity contribution in [1.29, 1.82) is 0 Å². The fourth-order valence-corrected chi connectivity index (χ4v) is 4.36. The van der Waals surface area contributed by atoms with E-state index in [0.717, 1.165) is 47.8 Å². The maximum absolute atomic E-state index is 12.9. The fourth-order valence-electron chi connectivity index (χ4n) is 4.36. The highest BCUT2D eigenvalue weighted by Crippen LogP contribution is 2.40. The highest BCUT2D eigenvalue weighted by molar-refractivity contribution is 6.06.